The van der Waals surface area contributed by atoms with E-state index in [1.165, 1.54) is 4.63 Å². The van der Waals surface area contributed by atoms with Crippen molar-refractivity contribution in [2.24, 2.45) is 0 Å². The highest BCUT2D eigenvalue weighted by Gasteiger charge is 2.03. The second-order valence-corrected chi connectivity index (χ2v) is 4.54. The van der Waals surface area contributed by atoms with E-state index >= 15 is 0 Å². The van der Waals surface area contributed by atoms with Crippen molar-refractivity contribution in [1.82, 2.24) is 35.2 Å². The molecule has 23 heavy (non-hydrogen) atoms. The number of nitrogens with one attached hydrogen (secondary N) is 1. The lowest BCUT2D eigenvalue weighted by Crippen LogP contribution is -2.00. The van der Waals surface area contributed by atoms with E-state index in [2.05, 4.69) is 35.9 Å². The van der Waals surface area contributed by atoms with Crippen molar-refractivity contribution in [3.05, 3.63) is 55.0 Å². The van der Waals surface area contributed by atoms with Gasteiger partial charge < -0.3 is 10.1 Å². The van der Waals surface area contributed by atoms with Gasteiger partial charge in [0.25, 0.3) is 0 Å². The number of hydrogen-bond donors (Lipinski definition) is 1. The molecule has 0 amide bonds. The summed E-state index contributed by atoms with van der Waals surface area (Å²) in [5, 5.41) is 18.5. The Hall–Kier alpha value is -3.62. The molecule has 0 saturated carbocycles. The molecule has 1 N–H and O–H groups in total. The lowest BCUT2D eigenvalue weighted by Gasteiger charge is -2.08. The van der Waals surface area contributed by atoms with Crippen LogP contribution < -0.4 is 10.1 Å². The van der Waals surface area contributed by atoms with Crippen LogP contribution in [0.15, 0.2) is 55.0 Å². The van der Waals surface area contributed by atoms with Gasteiger partial charge in [-0.3, -0.25) is 4.98 Å². The number of tetrazole rings is 1. The third-order valence-electron chi connectivity index (χ3n) is 2.94. The van der Waals surface area contributed by atoms with E-state index in [0.717, 1.165) is 5.69 Å². The number of rotatable bonds is 4. The van der Waals surface area contributed by atoms with Crippen molar-refractivity contribution in [3.8, 4) is 11.6 Å². The summed E-state index contributed by atoms with van der Waals surface area (Å²) in [4.78, 5) is 8.03. The summed E-state index contributed by atoms with van der Waals surface area (Å²) in [6, 6.07) is 11.0. The van der Waals surface area contributed by atoms with Crippen LogP contribution in [0, 0.1) is 0 Å². The average Bonchev–Trinajstić information content (AvgIpc) is 3.04. The Kier molecular flexibility index (Phi) is 3.20. The zero-order valence-corrected chi connectivity index (χ0v) is 11.7. The zero-order valence-electron chi connectivity index (χ0n) is 11.7. The van der Waals surface area contributed by atoms with E-state index in [1.54, 1.807) is 30.7 Å². The minimum atomic E-state index is 0.429. The molecule has 0 aliphatic rings. The molecule has 9 nitrogen and oxygen atoms in total. The maximum absolute atomic E-state index is 5.64. The van der Waals surface area contributed by atoms with Crippen LogP contribution in [0.2, 0.25) is 0 Å². The molecule has 112 valence electrons. The number of nitrogens with zero attached hydrogens (tertiary/aromatic N) is 7. The highest BCUT2D eigenvalue weighted by molar-refractivity contribution is 5.59. The molecule has 1 aromatic carbocycles. The molecule has 0 radical (unpaired) electrons. The third-order valence-corrected chi connectivity index (χ3v) is 2.94. The summed E-state index contributed by atoms with van der Waals surface area (Å²) >= 11 is 0. The quantitative estimate of drug-likeness (QED) is 0.609. The van der Waals surface area contributed by atoms with Crippen molar-refractivity contribution in [2.75, 3.05) is 5.32 Å². The van der Waals surface area contributed by atoms with Crippen LogP contribution >= 0.6 is 0 Å². The molecule has 0 spiro atoms. The first-order chi connectivity index (χ1) is 11.4. The van der Waals surface area contributed by atoms with Crippen LogP contribution in [-0.2, 0) is 0 Å². The van der Waals surface area contributed by atoms with Crippen LogP contribution in [-0.4, -0.2) is 35.2 Å². The Morgan fingerprint density at radius 1 is 1.09 bits per heavy atom. The second kappa shape index (κ2) is 5.64. The van der Waals surface area contributed by atoms with Gasteiger partial charge >= 0.3 is 0 Å². The summed E-state index contributed by atoms with van der Waals surface area (Å²) in [7, 11) is 0. The van der Waals surface area contributed by atoms with E-state index in [0.29, 0.717) is 23.1 Å². The van der Waals surface area contributed by atoms with Crippen molar-refractivity contribution in [3.63, 3.8) is 0 Å². The first-order valence-electron chi connectivity index (χ1n) is 6.73. The van der Waals surface area contributed by atoms with Gasteiger partial charge in [-0.2, -0.15) is 0 Å². The molecule has 4 rings (SSSR count). The molecule has 0 aliphatic heterocycles. The number of anilines is 2. The fraction of sp³-hybridized carbons (Fsp3) is 0. The Balaban J connectivity index is 1.56. The summed E-state index contributed by atoms with van der Waals surface area (Å²) < 4.78 is 6.99. The Bertz CT molecular complexity index is 940. The van der Waals surface area contributed by atoms with Gasteiger partial charge in [0.1, 0.15) is 5.75 Å². The molecule has 4 aromatic rings. The molecule has 0 saturated heterocycles. The first kappa shape index (κ1) is 13.1. The average molecular weight is 306 g/mol. The maximum atomic E-state index is 5.64. The monoisotopic (exact) mass is 306 g/mol. The van der Waals surface area contributed by atoms with Crippen molar-refractivity contribution in [2.45, 2.75) is 0 Å². The highest BCUT2D eigenvalue weighted by Crippen LogP contribution is 2.23. The van der Waals surface area contributed by atoms with E-state index in [1.807, 2.05) is 24.3 Å². The molecule has 0 unspecified atom stereocenters. The molecule has 0 aliphatic carbocycles. The predicted molar refractivity (Wildman–Crippen MR) is 80.4 cm³/mol. The van der Waals surface area contributed by atoms with Gasteiger partial charge in [0, 0.05) is 24.1 Å². The minimum Gasteiger partial charge on any atom is -0.437 e. The molecule has 0 bridgehead atoms. The molecule has 3 aromatic heterocycles. The van der Waals surface area contributed by atoms with Gasteiger partial charge in [0.05, 0.1) is 6.20 Å². The standard InChI is InChI=1S/C14H10N8O/c1-2-10(8-11(3-1)23-14-9-15-6-7-16-14)17-12-4-5-13-18-20-21-22(13)19-12/h1-9H,(H,17,19). The molecule has 0 atom stereocenters. The third kappa shape index (κ3) is 2.88. The summed E-state index contributed by atoms with van der Waals surface area (Å²) in [5.41, 5.74) is 1.39. The fourth-order valence-electron chi connectivity index (χ4n) is 1.96. The van der Waals surface area contributed by atoms with E-state index in [9.17, 15) is 0 Å². The van der Waals surface area contributed by atoms with Gasteiger partial charge in [-0.1, -0.05) is 6.07 Å². The normalized spacial score (nSPS) is 10.6. The maximum Gasteiger partial charge on any atom is 0.237 e. The Labute approximate surface area is 130 Å². The Morgan fingerprint density at radius 3 is 3.00 bits per heavy atom. The second-order valence-electron chi connectivity index (χ2n) is 4.54. The number of benzene rings is 1. The number of fused-ring (bicyclic) bond motifs is 1. The first-order valence-corrected chi connectivity index (χ1v) is 6.73. The number of ether oxygens (including phenoxy) is 1. The highest BCUT2D eigenvalue weighted by atomic mass is 16.5. The number of hydrogen-bond acceptors (Lipinski definition) is 8. The predicted octanol–water partition coefficient (Wildman–Crippen LogP) is 1.85. The SMILES string of the molecule is c1cc(Nc2ccc3nnnn3n2)cc(Oc2cnccn2)c1. The molecule has 0 fully saturated rings. The van der Waals surface area contributed by atoms with Crippen LogP contribution in [0.25, 0.3) is 5.65 Å². The molecular formula is C14H10N8O. The fourth-order valence-corrected chi connectivity index (χ4v) is 1.96. The summed E-state index contributed by atoms with van der Waals surface area (Å²) in [6.45, 7) is 0. The van der Waals surface area contributed by atoms with Crippen LogP contribution in [0.4, 0.5) is 11.5 Å². The largest absolute Gasteiger partial charge is 0.437 e. The van der Waals surface area contributed by atoms with Gasteiger partial charge in [-0.25, -0.2) is 4.98 Å². The van der Waals surface area contributed by atoms with Crippen molar-refractivity contribution >= 4 is 17.2 Å². The topological polar surface area (TPSA) is 103 Å². The molecule has 3 heterocycles. The van der Waals surface area contributed by atoms with Gasteiger partial charge in [-0.15, -0.1) is 14.8 Å². The van der Waals surface area contributed by atoms with Gasteiger partial charge in [0.15, 0.2) is 11.5 Å². The Morgan fingerprint density at radius 2 is 2.09 bits per heavy atom. The van der Waals surface area contributed by atoms with Crippen LogP contribution in [0.3, 0.4) is 0 Å². The molecule has 9 heteroatoms. The zero-order chi connectivity index (χ0) is 15.5. The lowest BCUT2D eigenvalue weighted by molar-refractivity contribution is 0.460. The van der Waals surface area contributed by atoms with Gasteiger partial charge in [-0.05, 0) is 34.7 Å². The minimum absolute atomic E-state index is 0.429. The van der Waals surface area contributed by atoms with E-state index < -0.39 is 0 Å². The van der Waals surface area contributed by atoms with E-state index in [-0.39, 0.29) is 0 Å². The summed E-state index contributed by atoms with van der Waals surface area (Å²) in [6.07, 6.45) is 4.71. The van der Waals surface area contributed by atoms with Crippen molar-refractivity contribution < 1.29 is 4.74 Å². The summed E-state index contributed by atoms with van der Waals surface area (Å²) in [5.74, 6) is 1.68. The van der Waals surface area contributed by atoms with E-state index in [4.69, 9.17) is 4.74 Å². The van der Waals surface area contributed by atoms with Crippen LogP contribution in [0.1, 0.15) is 0 Å². The number of aromatic nitrogens is 7. The van der Waals surface area contributed by atoms with Gasteiger partial charge in [0.2, 0.25) is 5.88 Å². The smallest absolute Gasteiger partial charge is 0.237 e. The van der Waals surface area contributed by atoms with Crippen LogP contribution in [0.5, 0.6) is 11.6 Å². The lowest BCUT2D eigenvalue weighted by atomic mass is 10.3. The molecular weight excluding hydrogens is 296 g/mol. The van der Waals surface area contributed by atoms with Crippen molar-refractivity contribution in [1.29, 1.82) is 0 Å².